The molecule has 0 N–H and O–H groups in total. The first-order chi connectivity index (χ1) is 11.5. The molecule has 24 heavy (non-hydrogen) atoms. The number of amides is 1. The second-order valence-corrected chi connectivity index (χ2v) is 5.51. The molecular weight excluding hydrogens is 312 g/mol. The number of anilines is 1. The van der Waals surface area contributed by atoms with Gasteiger partial charge in [-0.3, -0.25) is 14.5 Å². The minimum atomic E-state index is -0.402. The third-order valence-electron chi connectivity index (χ3n) is 4.07. The topological polar surface area (TPSA) is 68.3 Å². The maximum absolute atomic E-state index is 12.7. The summed E-state index contributed by atoms with van der Waals surface area (Å²) in [5.41, 5.74) is 0.721. The first-order valence-electron chi connectivity index (χ1n) is 7.94. The predicted octanol–water partition coefficient (Wildman–Crippen LogP) is 1.30. The summed E-state index contributed by atoms with van der Waals surface area (Å²) in [6, 6.07) is 4.96. The van der Waals surface area contributed by atoms with Crippen LogP contribution in [0.1, 0.15) is 13.8 Å². The first kappa shape index (κ1) is 18.1. The van der Waals surface area contributed by atoms with Crippen molar-refractivity contribution in [3.8, 4) is 11.5 Å². The Kier molecular flexibility index (Phi) is 6.03. The number of rotatable bonds is 6. The van der Waals surface area contributed by atoms with Crippen LogP contribution < -0.4 is 14.4 Å². The molecule has 1 unspecified atom stereocenters. The molecule has 7 heteroatoms. The summed E-state index contributed by atoms with van der Waals surface area (Å²) in [5.74, 6) is 0.868. The molecule has 0 bridgehead atoms. The molecule has 0 spiro atoms. The van der Waals surface area contributed by atoms with Gasteiger partial charge in [-0.05, 0) is 13.8 Å². The van der Waals surface area contributed by atoms with Crippen molar-refractivity contribution in [2.75, 3.05) is 45.4 Å². The summed E-state index contributed by atoms with van der Waals surface area (Å²) < 4.78 is 15.5. The Morgan fingerprint density at radius 1 is 1.17 bits per heavy atom. The van der Waals surface area contributed by atoms with E-state index in [-0.39, 0.29) is 18.4 Å². The Bertz CT molecular complexity index is 582. The van der Waals surface area contributed by atoms with E-state index in [0.29, 0.717) is 31.2 Å². The minimum Gasteiger partial charge on any atom is -0.497 e. The summed E-state index contributed by atoms with van der Waals surface area (Å²) >= 11 is 0. The van der Waals surface area contributed by atoms with Gasteiger partial charge in [-0.15, -0.1) is 0 Å². The molecule has 1 aliphatic heterocycles. The van der Waals surface area contributed by atoms with Gasteiger partial charge in [0, 0.05) is 31.3 Å². The van der Waals surface area contributed by atoms with Gasteiger partial charge in [0.2, 0.25) is 5.91 Å². The first-order valence-corrected chi connectivity index (χ1v) is 7.94. The van der Waals surface area contributed by atoms with Crippen molar-refractivity contribution in [2.45, 2.75) is 19.9 Å². The molecule has 7 nitrogen and oxygen atoms in total. The monoisotopic (exact) mass is 336 g/mol. The molecule has 1 fully saturated rings. The Morgan fingerprint density at radius 3 is 2.33 bits per heavy atom. The summed E-state index contributed by atoms with van der Waals surface area (Å²) in [4.78, 5) is 27.9. The third kappa shape index (κ3) is 3.97. The fourth-order valence-electron chi connectivity index (χ4n) is 2.71. The zero-order valence-corrected chi connectivity index (χ0v) is 14.6. The average molecular weight is 336 g/mol. The Hall–Kier alpha value is -2.28. The van der Waals surface area contributed by atoms with Gasteiger partial charge in [-0.1, -0.05) is 0 Å². The van der Waals surface area contributed by atoms with Gasteiger partial charge in [-0.2, -0.15) is 0 Å². The van der Waals surface area contributed by atoms with E-state index in [1.807, 2.05) is 4.90 Å². The second-order valence-electron chi connectivity index (χ2n) is 5.51. The number of methoxy groups -OCH3 is 2. The number of ether oxygens (including phenoxy) is 3. The molecule has 1 saturated heterocycles. The van der Waals surface area contributed by atoms with Crippen LogP contribution in [0.15, 0.2) is 18.2 Å². The summed E-state index contributed by atoms with van der Waals surface area (Å²) in [5, 5.41) is 0. The molecule has 1 aromatic carbocycles. The molecule has 0 radical (unpaired) electrons. The van der Waals surface area contributed by atoms with Crippen molar-refractivity contribution < 1.29 is 23.8 Å². The minimum absolute atomic E-state index is 0.0687. The molecule has 132 valence electrons. The Balaban J connectivity index is 2.15. The lowest BCUT2D eigenvalue weighted by molar-refractivity contribution is -0.145. The van der Waals surface area contributed by atoms with E-state index >= 15 is 0 Å². The lowest BCUT2D eigenvalue weighted by Crippen LogP contribution is -2.57. The zero-order valence-electron chi connectivity index (χ0n) is 14.6. The van der Waals surface area contributed by atoms with Gasteiger partial charge in [-0.25, -0.2) is 0 Å². The van der Waals surface area contributed by atoms with E-state index in [9.17, 15) is 9.59 Å². The van der Waals surface area contributed by atoms with E-state index < -0.39 is 6.04 Å². The maximum Gasteiger partial charge on any atom is 0.320 e. The number of esters is 1. The number of carbonyl (C=O) groups excluding carboxylic acids is 2. The van der Waals surface area contributed by atoms with Crippen LogP contribution in [-0.4, -0.2) is 63.3 Å². The van der Waals surface area contributed by atoms with Crippen LogP contribution in [-0.2, 0) is 14.3 Å². The van der Waals surface area contributed by atoms with Crippen LogP contribution >= 0.6 is 0 Å². The molecule has 1 heterocycles. The molecule has 0 aromatic heterocycles. The molecule has 1 amide bonds. The molecule has 1 aliphatic rings. The largest absolute Gasteiger partial charge is 0.497 e. The molecule has 0 aliphatic carbocycles. The lowest BCUT2D eigenvalue weighted by Gasteiger charge is -2.38. The number of piperazine rings is 1. The van der Waals surface area contributed by atoms with Crippen LogP contribution in [0.4, 0.5) is 5.69 Å². The average Bonchev–Trinajstić information content (AvgIpc) is 2.58. The van der Waals surface area contributed by atoms with Gasteiger partial charge in [0.05, 0.1) is 39.1 Å². The second kappa shape index (κ2) is 8.01. The Morgan fingerprint density at radius 2 is 1.79 bits per heavy atom. The number of hydrogen-bond donors (Lipinski definition) is 0. The predicted molar refractivity (Wildman–Crippen MR) is 89.6 cm³/mol. The number of hydrogen-bond acceptors (Lipinski definition) is 6. The summed E-state index contributed by atoms with van der Waals surface area (Å²) in [7, 11) is 3.14. The van der Waals surface area contributed by atoms with Crippen LogP contribution in [0.2, 0.25) is 0 Å². The fraction of sp³-hybridized carbons (Fsp3) is 0.529. The van der Waals surface area contributed by atoms with Crippen LogP contribution in [0.5, 0.6) is 11.5 Å². The summed E-state index contributed by atoms with van der Waals surface area (Å²) in [6.45, 7) is 5.09. The van der Waals surface area contributed by atoms with Crippen molar-refractivity contribution in [1.82, 2.24) is 4.90 Å². The molecule has 1 atom stereocenters. The van der Waals surface area contributed by atoms with Crippen molar-refractivity contribution >= 4 is 17.6 Å². The maximum atomic E-state index is 12.7. The highest BCUT2D eigenvalue weighted by atomic mass is 16.5. The quantitative estimate of drug-likeness (QED) is 0.730. The van der Waals surface area contributed by atoms with Gasteiger partial charge in [0.25, 0.3) is 0 Å². The standard InChI is InChI=1S/C17H24N2O5/c1-5-24-16(20)11-18-6-7-19(17(21)12(18)2)13-8-14(22-3)10-15(9-13)23-4/h8-10,12H,5-7,11H2,1-4H3. The van der Waals surface area contributed by atoms with Gasteiger partial charge >= 0.3 is 5.97 Å². The van der Waals surface area contributed by atoms with E-state index in [1.165, 1.54) is 0 Å². The molecule has 0 saturated carbocycles. The number of benzene rings is 1. The highest BCUT2D eigenvalue weighted by Crippen LogP contribution is 2.30. The van der Waals surface area contributed by atoms with Gasteiger partial charge in [0.15, 0.2) is 0 Å². The highest BCUT2D eigenvalue weighted by Gasteiger charge is 2.33. The zero-order chi connectivity index (χ0) is 17.7. The van der Waals surface area contributed by atoms with Crippen LogP contribution in [0, 0.1) is 0 Å². The van der Waals surface area contributed by atoms with E-state index in [4.69, 9.17) is 14.2 Å². The van der Waals surface area contributed by atoms with Crippen molar-refractivity contribution in [3.63, 3.8) is 0 Å². The molecule has 2 rings (SSSR count). The van der Waals surface area contributed by atoms with Gasteiger partial charge in [0.1, 0.15) is 11.5 Å². The Labute approximate surface area is 142 Å². The van der Waals surface area contributed by atoms with Crippen molar-refractivity contribution in [3.05, 3.63) is 18.2 Å². The van der Waals surface area contributed by atoms with E-state index in [1.54, 1.807) is 51.2 Å². The highest BCUT2D eigenvalue weighted by molar-refractivity contribution is 5.98. The van der Waals surface area contributed by atoms with Crippen molar-refractivity contribution in [2.24, 2.45) is 0 Å². The molecule has 1 aromatic rings. The normalized spacial score (nSPS) is 18.4. The van der Waals surface area contributed by atoms with Crippen molar-refractivity contribution in [1.29, 1.82) is 0 Å². The van der Waals surface area contributed by atoms with Gasteiger partial charge < -0.3 is 19.1 Å². The van der Waals surface area contributed by atoms with E-state index in [2.05, 4.69) is 0 Å². The lowest BCUT2D eigenvalue weighted by atomic mass is 10.1. The van der Waals surface area contributed by atoms with E-state index in [0.717, 1.165) is 5.69 Å². The molecular formula is C17H24N2O5. The number of carbonyl (C=O) groups is 2. The fourth-order valence-corrected chi connectivity index (χ4v) is 2.71. The van der Waals surface area contributed by atoms with Crippen LogP contribution in [0.25, 0.3) is 0 Å². The smallest absolute Gasteiger partial charge is 0.320 e. The third-order valence-corrected chi connectivity index (χ3v) is 4.07. The summed E-state index contributed by atoms with van der Waals surface area (Å²) in [6.07, 6.45) is 0. The number of nitrogens with zero attached hydrogens (tertiary/aromatic N) is 2. The van der Waals surface area contributed by atoms with Crippen LogP contribution in [0.3, 0.4) is 0 Å². The SMILES string of the molecule is CCOC(=O)CN1CCN(c2cc(OC)cc(OC)c2)C(=O)C1C.